The first-order valence-corrected chi connectivity index (χ1v) is 12.4. The number of carbonyl (C=O) groups is 4. The van der Waals surface area contributed by atoms with Crippen LogP contribution in [-0.4, -0.2) is 52.4 Å². The molecular formula is C27H44N4O5. The standard InChI is InChI=1S/C27H44N4O5/c1-10-11-14-31(24(34)20(16-21(28)32)29-25(35)36-27(7,8)9)22(23(33)30-26(4,5)6)19-13-12-17(2)15-18(19)3/h12-13,15,20,22H,10-11,14,16H2,1-9H3,(H2,28,32)(H,29,35)(H,30,33). The third-order valence-corrected chi connectivity index (χ3v) is 5.21. The van der Waals surface area contributed by atoms with E-state index in [4.69, 9.17) is 10.5 Å². The van der Waals surface area contributed by atoms with Crippen molar-refractivity contribution < 1.29 is 23.9 Å². The van der Waals surface area contributed by atoms with Crippen molar-refractivity contribution in [2.24, 2.45) is 5.73 Å². The summed E-state index contributed by atoms with van der Waals surface area (Å²) in [6.45, 7) is 16.7. The van der Waals surface area contributed by atoms with Crippen molar-refractivity contribution in [2.75, 3.05) is 6.54 Å². The van der Waals surface area contributed by atoms with Crippen LogP contribution in [0.4, 0.5) is 4.79 Å². The zero-order valence-electron chi connectivity index (χ0n) is 23.3. The molecule has 0 aliphatic carbocycles. The summed E-state index contributed by atoms with van der Waals surface area (Å²) in [5, 5.41) is 5.48. The molecule has 1 aromatic rings. The molecule has 0 aliphatic rings. The lowest BCUT2D eigenvalue weighted by Crippen LogP contribution is -2.55. The van der Waals surface area contributed by atoms with E-state index in [0.29, 0.717) is 12.0 Å². The van der Waals surface area contributed by atoms with E-state index in [1.807, 2.05) is 59.7 Å². The van der Waals surface area contributed by atoms with Crippen LogP contribution in [0.5, 0.6) is 0 Å². The van der Waals surface area contributed by atoms with Gasteiger partial charge in [0.25, 0.3) is 0 Å². The van der Waals surface area contributed by atoms with Crippen LogP contribution in [0.1, 0.15) is 90.5 Å². The van der Waals surface area contributed by atoms with Gasteiger partial charge in [-0.15, -0.1) is 0 Å². The summed E-state index contributed by atoms with van der Waals surface area (Å²) in [6, 6.07) is 3.43. The molecule has 0 radical (unpaired) electrons. The Morgan fingerprint density at radius 1 is 1.06 bits per heavy atom. The van der Waals surface area contributed by atoms with Gasteiger partial charge < -0.3 is 26.0 Å². The predicted molar refractivity (Wildman–Crippen MR) is 140 cm³/mol. The highest BCUT2D eigenvalue weighted by molar-refractivity contribution is 5.94. The summed E-state index contributed by atoms with van der Waals surface area (Å²) >= 11 is 0. The number of benzene rings is 1. The van der Waals surface area contributed by atoms with Crippen molar-refractivity contribution in [3.8, 4) is 0 Å². The van der Waals surface area contributed by atoms with Gasteiger partial charge in [0.05, 0.1) is 6.42 Å². The SMILES string of the molecule is CCCCN(C(=O)C(CC(N)=O)NC(=O)OC(C)(C)C)C(C(=O)NC(C)(C)C)c1ccc(C)cc1C. The van der Waals surface area contributed by atoms with E-state index < -0.39 is 47.6 Å². The van der Waals surface area contributed by atoms with Crippen LogP contribution in [0, 0.1) is 13.8 Å². The molecule has 0 saturated carbocycles. The Hall–Kier alpha value is -3.10. The molecule has 0 spiro atoms. The Kier molecular flexibility index (Phi) is 10.9. The van der Waals surface area contributed by atoms with E-state index >= 15 is 0 Å². The van der Waals surface area contributed by atoms with Gasteiger partial charge in [0, 0.05) is 12.1 Å². The second-order valence-corrected chi connectivity index (χ2v) is 11.3. The summed E-state index contributed by atoms with van der Waals surface area (Å²) in [7, 11) is 0. The van der Waals surface area contributed by atoms with Gasteiger partial charge >= 0.3 is 6.09 Å². The van der Waals surface area contributed by atoms with E-state index in [1.54, 1.807) is 20.8 Å². The fraction of sp³-hybridized carbons (Fsp3) is 0.630. The molecule has 36 heavy (non-hydrogen) atoms. The number of hydrogen-bond acceptors (Lipinski definition) is 5. The molecule has 0 aliphatic heterocycles. The average molecular weight is 505 g/mol. The maximum atomic E-state index is 13.9. The molecule has 2 atom stereocenters. The number of nitrogens with zero attached hydrogens (tertiary/aromatic N) is 1. The van der Waals surface area contributed by atoms with E-state index in [9.17, 15) is 19.2 Å². The Bertz CT molecular complexity index is 946. The van der Waals surface area contributed by atoms with Gasteiger partial charge in [-0.05, 0) is 72.9 Å². The molecule has 4 N–H and O–H groups in total. The summed E-state index contributed by atoms with van der Waals surface area (Å²) < 4.78 is 5.30. The first-order chi connectivity index (χ1) is 16.4. The monoisotopic (exact) mass is 504 g/mol. The summed E-state index contributed by atoms with van der Waals surface area (Å²) in [6.07, 6.45) is 0.108. The van der Waals surface area contributed by atoms with Crippen molar-refractivity contribution in [3.05, 3.63) is 34.9 Å². The molecule has 1 rings (SSSR count). The summed E-state index contributed by atoms with van der Waals surface area (Å²) in [5.41, 5.74) is 6.62. The van der Waals surface area contributed by atoms with Gasteiger partial charge in [0.15, 0.2) is 0 Å². The minimum absolute atomic E-state index is 0.246. The van der Waals surface area contributed by atoms with Gasteiger partial charge in [-0.2, -0.15) is 0 Å². The van der Waals surface area contributed by atoms with Gasteiger partial charge in [-0.1, -0.05) is 37.1 Å². The molecule has 2 unspecified atom stereocenters. The topological polar surface area (TPSA) is 131 Å². The smallest absolute Gasteiger partial charge is 0.408 e. The highest BCUT2D eigenvalue weighted by Gasteiger charge is 2.38. The lowest BCUT2D eigenvalue weighted by atomic mass is 9.95. The molecule has 9 heteroatoms. The predicted octanol–water partition coefficient (Wildman–Crippen LogP) is 3.66. The number of unbranched alkanes of at least 4 members (excludes halogenated alkanes) is 1. The first kappa shape index (κ1) is 30.9. The Labute approximate surface area is 215 Å². The lowest BCUT2D eigenvalue weighted by molar-refractivity contribution is -0.144. The third kappa shape index (κ3) is 10.3. The molecule has 0 aromatic heterocycles. The molecule has 0 fully saturated rings. The Balaban J connectivity index is 3.58. The normalized spacial score (nSPS) is 13.4. The minimum Gasteiger partial charge on any atom is -0.444 e. The number of carbonyl (C=O) groups excluding carboxylic acids is 4. The van der Waals surface area contributed by atoms with Crippen molar-refractivity contribution in [2.45, 2.75) is 105 Å². The van der Waals surface area contributed by atoms with Crippen LogP contribution in [-0.2, 0) is 19.1 Å². The number of rotatable bonds is 10. The van der Waals surface area contributed by atoms with Crippen LogP contribution < -0.4 is 16.4 Å². The largest absolute Gasteiger partial charge is 0.444 e. The third-order valence-electron chi connectivity index (χ3n) is 5.21. The Morgan fingerprint density at radius 2 is 1.67 bits per heavy atom. The second-order valence-electron chi connectivity index (χ2n) is 11.3. The van der Waals surface area contributed by atoms with Crippen molar-refractivity contribution in [1.82, 2.24) is 15.5 Å². The van der Waals surface area contributed by atoms with Gasteiger partial charge in [-0.3, -0.25) is 14.4 Å². The Morgan fingerprint density at radius 3 is 2.14 bits per heavy atom. The molecular weight excluding hydrogens is 460 g/mol. The van der Waals surface area contributed by atoms with Crippen LogP contribution in [0.15, 0.2) is 18.2 Å². The fourth-order valence-electron chi connectivity index (χ4n) is 3.77. The minimum atomic E-state index is -1.29. The maximum absolute atomic E-state index is 13.9. The highest BCUT2D eigenvalue weighted by Crippen LogP contribution is 2.28. The second kappa shape index (κ2) is 12.7. The van der Waals surface area contributed by atoms with Crippen molar-refractivity contribution in [3.63, 3.8) is 0 Å². The first-order valence-electron chi connectivity index (χ1n) is 12.4. The maximum Gasteiger partial charge on any atom is 0.408 e. The molecule has 9 nitrogen and oxygen atoms in total. The van der Waals surface area contributed by atoms with Crippen LogP contribution >= 0.6 is 0 Å². The van der Waals surface area contributed by atoms with Crippen molar-refractivity contribution >= 4 is 23.8 Å². The number of nitrogens with two attached hydrogens (primary N) is 1. The van der Waals surface area contributed by atoms with Crippen LogP contribution in [0.25, 0.3) is 0 Å². The molecule has 4 amide bonds. The van der Waals surface area contributed by atoms with E-state index in [1.165, 1.54) is 4.90 Å². The van der Waals surface area contributed by atoms with Gasteiger partial charge in [0.2, 0.25) is 17.7 Å². The van der Waals surface area contributed by atoms with Gasteiger partial charge in [0.1, 0.15) is 17.7 Å². The molecule has 1 aromatic carbocycles. The zero-order valence-corrected chi connectivity index (χ0v) is 23.3. The molecule has 0 saturated heterocycles. The quantitative estimate of drug-likeness (QED) is 0.448. The molecule has 202 valence electrons. The lowest BCUT2D eigenvalue weighted by Gasteiger charge is -2.36. The number of amides is 4. The van der Waals surface area contributed by atoms with E-state index in [0.717, 1.165) is 17.5 Å². The number of aryl methyl sites for hydroxylation is 2. The summed E-state index contributed by atoms with van der Waals surface area (Å²) in [5.74, 6) is -1.70. The van der Waals surface area contributed by atoms with Crippen molar-refractivity contribution in [1.29, 1.82) is 0 Å². The van der Waals surface area contributed by atoms with E-state index in [2.05, 4.69) is 10.6 Å². The fourth-order valence-corrected chi connectivity index (χ4v) is 3.77. The number of primary amides is 1. The molecule has 0 heterocycles. The van der Waals surface area contributed by atoms with E-state index in [-0.39, 0.29) is 12.5 Å². The number of nitrogens with one attached hydrogen (secondary N) is 2. The number of hydrogen-bond donors (Lipinski definition) is 3. The van der Waals surface area contributed by atoms with Crippen LogP contribution in [0.3, 0.4) is 0 Å². The zero-order chi connectivity index (χ0) is 27.8. The average Bonchev–Trinajstić information content (AvgIpc) is 2.68. The molecule has 0 bridgehead atoms. The van der Waals surface area contributed by atoms with Crippen LogP contribution in [0.2, 0.25) is 0 Å². The summed E-state index contributed by atoms with van der Waals surface area (Å²) in [4.78, 5) is 53.4. The number of ether oxygens (including phenoxy) is 1. The van der Waals surface area contributed by atoms with Gasteiger partial charge in [-0.25, -0.2) is 4.79 Å². The number of alkyl carbamates (subject to hydrolysis) is 1. The highest BCUT2D eigenvalue weighted by atomic mass is 16.6.